The number of fused-ring (bicyclic) bond motifs is 3. The molecule has 0 spiro atoms. The second-order valence-corrected chi connectivity index (χ2v) is 9.17. The Morgan fingerprint density at radius 2 is 1.79 bits per heavy atom. The molecule has 1 amide bonds. The molecule has 0 unspecified atom stereocenters. The molecule has 1 heterocycles. The molecule has 1 aliphatic carbocycles. The quantitative estimate of drug-likeness (QED) is 0.354. The maximum atomic E-state index is 13.0. The highest BCUT2D eigenvalue weighted by molar-refractivity contribution is 5.86. The minimum absolute atomic E-state index is 0.231. The second kappa shape index (κ2) is 9.10. The summed E-state index contributed by atoms with van der Waals surface area (Å²) in [5.74, 6) is -0.412. The fraction of sp³-hybridized carbons (Fsp3) is 0.346. The predicted molar refractivity (Wildman–Crippen MR) is 123 cm³/mol. The fourth-order valence-electron chi connectivity index (χ4n) is 4.01. The van der Waals surface area contributed by atoms with Crippen LogP contribution in [-0.4, -0.2) is 23.7 Å². The number of alkyl carbamates (subject to hydrolysis) is 1. The van der Waals surface area contributed by atoms with Gasteiger partial charge in [0.1, 0.15) is 23.0 Å². The molecule has 0 fully saturated rings. The van der Waals surface area contributed by atoms with Crippen molar-refractivity contribution in [1.29, 1.82) is 0 Å². The van der Waals surface area contributed by atoms with E-state index in [1.165, 1.54) is 0 Å². The molecule has 1 aromatic heterocycles. The molecular weight excluding hydrogens is 422 g/mol. The van der Waals surface area contributed by atoms with E-state index in [1.807, 2.05) is 30.3 Å². The number of amides is 1. The summed E-state index contributed by atoms with van der Waals surface area (Å²) in [7, 11) is 0. The van der Waals surface area contributed by atoms with Crippen molar-refractivity contribution < 1.29 is 23.5 Å². The number of esters is 1. The van der Waals surface area contributed by atoms with Crippen molar-refractivity contribution >= 4 is 23.0 Å². The lowest BCUT2D eigenvalue weighted by Gasteiger charge is -2.23. The Balaban J connectivity index is 1.56. The number of carbonyl (C=O) groups is 2. The maximum Gasteiger partial charge on any atom is 0.408 e. The predicted octanol–water partition coefficient (Wildman–Crippen LogP) is 4.32. The van der Waals surface area contributed by atoms with Crippen LogP contribution in [0.5, 0.6) is 5.75 Å². The standard InChI is InChI=1S/C26H27NO6/c1-26(2,3)33-25(30)27-21(14-16-8-5-4-6-9-16)24(29)31-17-12-13-19-18-10-7-11-20(18)23(28)32-22(19)15-17/h4-6,8-9,12-13,15,21H,7,10-11,14H2,1-3H3,(H,27,30)/t21-/m1/s1. The monoisotopic (exact) mass is 449 g/mol. The molecular formula is C26H27NO6. The molecule has 33 heavy (non-hydrogen) atoms. The molecule has 0 bridgehead atoms. The lowest BCUT2D eigenvalue weighted by Crippen LogP contribution is -2.46. The zero-order valence-corrected chi connectivity index (χ0v) is 19.0. The van der Waals surface area contributed by atoms with Crippen molar-refractivity contribution in [2.75, 3.05) is 0 Å². The zero-order valence-electron chi connectivity index (χ0n) is 19.0. The third-order valence-electron chi connectivity index (χ3n) is 5.42. The van der Waals surface area contributed by atoms with Crippen molar-refractivity contribution in [2.45, 2.75) is 58.1 Å². The smallest absolute Gasteiger partial charge is 0.408 e. The molecule has 0 aliphatic heterocycles. The lowest BCUT2D eigenvalue weighted by atomic mass is 10.1. The lowest BCUT2D eigenvalue weighted by molar-refractivity contribution is -0.136. The Bertz CT molecular complexity index is 1240. The van der Waals surface area contributed by atoms with Crippen LogP contribution >= 0.6 is 0 Å². The van der Waals surface area contributed by atoms with Crippen molar-refractivity contribution in [3.63, 3.8) is 0 Å². The Morgan fingerprint density at radius 3 is 2.52 bits per heavy atom. The Labute approximate surface area is 191 Å². The molecule has 7 heteroatoms. The van der Waals surface area contributed by atoms with E-state index in [2.05, 4.69) is 5.32 Å². The van der Waals surface area contributed by atoms with Crippen LogP contribution in [0.25, 0.3) is 11.0 Å². The van der Waals surface area contributed by atoms with E-state index in [4.69, 9.17) is 13.9 Å². The number of hydrogen-bond donors (Lipinski definition) is 1. The molecule has 3 aromatic rings. The van der Waals surface area contributed by atoms with Gasteiger partial charge in [-0.1, -0.05) is 30.3 Å². The molecule has 7 nitrogen and oxygen atoms in total. The average molecular weight is 450 g/mol. The second-order valence-electron chi connectivity index (χ2n) is 9.17. The summed E-state index contributed by atoms with van der Waals surface area (Å²) >= 11 is 0. The Morgan fingerprint density at radius 1 is 1.06 bits per heavy atom. The van der Waals surface area contributed by atoms with Crippen LogP contribution < -0.4 is 15.7 Å². The summed E-state index contributed by atoms with van der Waals surface area (Å²) in [5.41, 5.74) is 1.93. The first-order valence-electron chi connectivity index (χ1n) is 11.0. The molecule has 4 rings (SSSR count). The van der Waals surface area contributed by atoms with Crippen LogP contribution in [0.4, 0.5) is 4.79 Å². The van der Waals surface area contributed by atoms with Gasteiger partial charge in [0.15, 0.2) is 0 Å². The highest BCUT2D eigenvalue weighted by Crippen LogP contribution is 2.29. The van der Waals surface area contributed by atoms with Crippen LogP contribution in [0.15, 0.2) is 57.7 Å². The first-order chi connectivity index (χ1) is 15.7. The minimum Gasteiger partial charge on any atom is -0.444 e. The molecule has 0 radical (unpaired) electrons. The summed E-state index contributed by atoms with van der Waals surface area (Å²) in [6.07, 6.45) is 2.00. The van der Waals surface area contributed by atoms with E-state index in [-0.39, 0.29) is 17.8 Å². The summed E-state index contributed by atoms with van der Waals surface area (Å²) < 4.78 is 16.4. The van der Waals surface area contributed by atoms with Crippen molar-refractivity contribution in [1.82, 2.24) is 5.32 Å². The summed E-state index contributed by atoms with van der Waals surface area (Å²) in [5, 5.41) is 3.47. The van der Waals surface area contributed by atoms with Crippen LogP contribution in [0.2, 0.25) is 0 Å². The summed E-state index contributed by atoms with van der Waals surface area (Å²) in [6, 6.07) is 13.4. The van der Waals surface area contributed by atoms with Crippen LogP contribution in [0, 0.1) is 0 Å². The van der Waals surface area contributed by atoms with E-state index >= 15 is 0 Å². The summed E-state index contributed by atoms with van der Waals surface area (Å²) in [4.78, 5) is 37.6. The van der Waals surface area contributed by atoms with Gasteiger partial charge in [0, 0.05) is 23.4 Å². The number of hydrogen-bond acceptors (Lipinski definition) is 6. The third-order valence-corrected chi connectivity index (χ3v) is 5.42. The van der Waals surface area contributed by atoms with E-state index in [9.17, 15) is 14.4 Å². The van der Waals surface area contributed by atoms with Crippen LogP contribution in [0.1, 0.15) is 43.9 Å². The minimum atomic E-state index is -0.968. The van der Waals surface area contributed by atoms with Gasteiger partial charge in [-0.15, -0.1) is 0 Å². The largest absolute Gasteiger partial charge is 0.444 e. The maximum absolute atomic E-state index is 13.0. The van der Waals surface area contributed by atoms with Crippen molar-refractivity contribution in [3.05, 3.63) is 75.6 Å². The van der Waals surface area contributed by atoms with Gasteiger partial charge in [-0.3, -0.25) is 0 Å². The van der Waals surface area contributed by atoms with E-state index in [0.29, 0.717) is 5.58 Å². The van der Waals surface area contributed by atoms with Crippen molar-refractivity contribution in [3.8, 4) is 5.75 Å². The van der Waals surface area contributed by atoms with Crippen molar-refractivity contribution in [2.24, 2.45) is 0 Å². The number of benzene rings is 2. The molecule has 172 valence electrons. The van der Waals surface area contributed by atoms with Crippen LogP contribution in [0.3, 0.4) is 0 Å². The zero-order chi connectivity index (χ0) is 23.6. The molecule has 0 saturated heterocycles. The molecule has 1 atom stereocenters. The fourth-order valence-corrected chi connectivity index (χ4v) is 4.01. The molecule has 0 saturated carbocycles. The van der Waals surface area contributed by atoms with Gasteiger partial charge < -0.3 is 19.2 Å². The molecule has 1 N–H and O–H groups in total. The van der Waals surface area contributed by atoms with Gasteiger partial charge in [-0.25, -0.2) is 14.4 Å². The Hall–Kier alpha value is -3.61. The van der Waals surface area contributed by atoms with E-state index in [0.717, 1.165) is 41.3 Å². The third kappa shape index (κ3) is 5.42. The first-order valence-corrected chi connectivity index (χ1v) is 11.0. The van der Waals surface area contributed by atoms with Gasteiger partial charge in [0.05, 0.1) is 0 Å². The van der Waals surface area contributed by atoms with Gasteiger partial charge >= 0.3 is 17.7 Å². The van der Waals surface area contributed by atoms with E-state index < -0.39 is 23.7 Å². The highest BCUT2D eigenvalue weighted by Gasteiger charge is 2.27. The number of carbonyl (C=O) groups excluding carboxylic acids is 2. The van der Waals surface area contributed by atoms with Gasteiger partial charge in [0.25, 0.3) is 0 Å². The summed E-state index contributed by atoms with van der Waals surface area (Å²) in [6.45, 7) is 5.24. The molecule has 2 aromatic carbocycles. The highest BCUT2D eigenvalue weighted by atomic mass is 16.6. The number of nitrogens with one attached hydrogen (secondary N) is 1. The number of rotatable bonds is 5. The van der Waals surface area contributed by atoms with E-state index in [1.54, 1.807) is 39.0 Å². The topological polar surface area (TPSA) is 94.8 Å². The molecule has 1 aliphatic rings. The van der Waals surface area contributed by atoms with Crippen LogP contribution in [-0.2, 0) is 28.8 Å². The number of aryl methyl sites for hydroxylation is 1. The first kappa shape index (κ1) is 22.6. The average Bonchev–Trinajstić information content (AvgIpc) is 3.23. The Kier molecular flexibility index (Phi) is 6.22. The number of ether oxygens (including phenoxy) is 2. The van der Waals surface area contributed by atoms with Gasteiger partial charge in [-0.2, -0.15) is 0 Å². The normalized spacial score (nSPS) is 13.9. The van der Waals surface area contributed by atoms with Gasteiger partial charge in [0.2, 0.25) is 0 Å². The van der Waals surface area contributed by atoms with Gasteiger partial charge in [-0.05, 0) is 63.3 Å². The SMILES string of the molecule is CC(C)(C)OC(=O)N[C@H](Cc1ccccc1)C(=O)Oc1ccc2c3c(c(=O)oc2c1)CCC3.